The normalized spacial score (nSPS) is 13.0. The highest BCUT2D eigenvalue weighted by Gasteiger charge is 2.30. The zero-order valence-corrected chi connectivity index (χ0v) is 16.4. The van der Waals surface area contributed by atoms with Crippen LogP contribution in [-0.2, 0) is 29.0 Å². The molecule has 0 saturated heterocycles. The molecule has 0 spiro atoms. The van der Waals surface area contributed by atoms with Gasteiger partial charge < -0.3 is 9.47 Å². The van der Waals surface area contributed by atoms with Crippen LogP contribution in [0.5, 0.6) is 0 Å². The Kier molecular flexibility index (Phi) is 9.80. The average molecular weight is 350 g/mol. The van der Waals surface area contributed by atoms with Gasteiger partial charge in [-0.15, -0.1) is 0 Å². The average Bonchev–Trinajstić information content (AvgIpc) is 2.46. The molecular formula is C17H34O7. The van der Waals surface area contributed by atoms with Gasteiger partial charge in [-0.3, -0.25) is 4.89 Å². The highest BCUT2D eigenvalue weighted by molar-refractivity contribution is 5.58. The maximum absolute atomic E-state index is 11.4. The van der Waals surface area contributed by atoms with Crippen molar-refractivity contribution in [1.29, 1.82) is 0 Å². The number of ether oxygens (including phenoxy) is 2. The van der Waals surface area contributed by atoms with Crippen LogP contribution in [0.3, 0.4) is 0 Å². The van der Waals surface area contributed by atoms with E-state index in [0.717, 1.165) is 0 Å². The van der Waals surface area contributed by atoms with E-state index in [4.69, 9.17) is 24.1 Å². The zero-order valence-electron chi connectivity index (χ0n) is 16.4. The first-order valence-electron chi connectivity index (χ1n) is 8.34. The summed E-state index contributed by atoms with van der Waals surface area (Å²) in [6.07, 6.45) is 0.368. The Balaban J connectivity index is 4.09. The lowest BCUT2D eigenvalue weighted by Crippen LogP contribution is -2.34. The van der Waals surface area contributed by atoms with E-state index >= 15 is 0 Å². The smallest absolute Gasteiger partial charge is 0.430 e. The first-order valence-corrected chi connectivity index (χ1v) is 8.34. The van der Waals surface area contributed by atoms with Crippen LogP contribution in [0.4, 0.5) is 4.79 Å². The van der Waals surface area contributed by atoms with Crippen LogP contribution in [-0.4, -0.2) is 42.8 Å². The quantitative estimate of drug-likeness (QED) is 0.239. The number of carbonyl (C=O) groups excluding carboxylic acids is 1. The second-order valence-corrected chi connectivity index (χ2v) is 7.76. The standard InChI is InChI=1S/C17H34O7/c1-9-19-12-13-20-14(18)21-23-16(5,6)10-11-17(7,8)24-22-15(2,3)4/h9-13H2,1-8H3. The molecule has 0 aromatic rings. The molecule has 7 nitrogen and oxygen atoms in total. The van der Waals surface area contributed by atoms with Crippen molar-refractivity contribution in [3.05, 3.63) is 0 Å². The molecule has 0 rings (SSSR count). The van der Waals surface area contributed by atoms with Crippen molar-refractivity contribution in [2.45, 2.75) is 85.0 Å². The highest BCUT2D eigenvalue weighted by Crippen LogP contribution is 2.26. The van der Waals surface area contributed by atoms with Gasteiger partial charge >= 0.3 is 6.16 Å². The Bertz CT molecular complexity index is 358. The van der Waals surface area contributed by atoms with Crippen molar-refractivity contribution < 1.29 is 33.8 Å². The molecule has 0 atom stereocenters. The summed E-state index contributed by atoms with van der Waals surface area (Å²) in [5, 5.41) is 0. The van der Waals surface area contributed by atoms with E-state index < -0.39 is 17.4 Å². The molecule has 0 unspecified atom stereocenters. The minimum absolute atomic E-state index is 0.126. The Hall–Kier alpha value is -0.890. The molecule has 0 radical (unpaired) electrons. The van der Waals surface area contributed by atoms with Gasteiger partial charge in [-0.2, -0.15) is 4.89 Å². The molecule has 0 aliphatic rings. The fraction of sp³-hybridized carbons (Fsp3) is 0.941. The molecule has 0 bridgehead atoms. The molecular weight excluding hydrogens is 316 g/mol. The predicted molar refractivity (Wildman–Crippen MR) is 89.3 cm³/mol. The van der Waals surface area contributed by atoms with Crippen LogP contribution < -0.4 is 0 Å². The molecule has 0 heterocycles. The Morgan fingerprint density at radius 2 is 1.33 bits per heavy atom. The number of hydrogen-bond donors (Lipinski definition) is 0. The molecule has 0 aromatic carbocycles. The summed E-state index contributed by atoms with van der Waals surface area (Å²) in [6.45, 7) is 16.1. The van der Waals surface area contributed by atoms with Gasteiger partial charge in [-0.05, 0) is 68.2 Å². The van der Waals surface area contributed by atoms with Gasteiger partial charge in [0.1, 0.15) is 12.2 Å². The summed E-state index contributed by atoms with van der Waals surface area (Å²) in [6, 6.07) is 0. The topological polar surface area (TPSA) is 72.5 Å². The molecule has 144 valence electrons. The third-order valence-corrected chi connectivity index (χ3v) is 2.83. The van der Waals surface area contributed by atoms with Crippen LogP contribution in [0.15, 0.2) is 0 Å². The molecule has 0 aromatic heterocycles. The Morgan fingerprint density at radius 3 is 1.83 bits per heavy atom. The van der Waals surface area contributed by atoms with Crippen LogP contribution in [0, 0.1) is 0 Å². The largest absolute Gasteiger partial charge is 0.540 e. The predicted octanol–water partition coefficient (Wildman–Crippen LogP) is 4.19. The fourth-order valence-corrected chi connectivity index (χ4v) is 1.42. The summed E-state index contributed by atoms with van der Waals surface area (Å²) >= 11 is 0. The van der Waals surface area contributed by atoms with Crippen LogP contribution >= 0.6 is 0 Å². The van der Waals surface area contributed by atoms with E-state index in [1.54, 1.807) is 0 Å². The third-order valence-electron chi connectivity index (χ3n) is 2.83. The van der Waals surface area contributed by atoms with Crippen LogP contribution in [0.25, 0.3) is 0 Å². The molecule has 0 saturated carbocycles. The van der Waals surface area contributed by atoms with E-state index in [0.29, 0.717) is 26.1 Å². The lowest BCUT2D eigenvalue weighted by atomic mass is 9.94. The summed E-state index contributed by atoms with van der Waals surface area (Å²) in [4.78, 5) is 32.1. The molecule has 0 aliphatic carbocycles. The summed E-state index contributed by atoms with van der Waals surface area (Å²) in [7, 11) is 0. The van der Waals surface area contributed by atoms with Gasteiger partial charge in [0.25, 0.3) is 0 Å². The summed E-state index contributed by atoms with van der Waals surface area (Å²) in [5.74, 6) is 0. The lowest BCUT2D eigenvalue weighted by molar-refractivity contribution is -0.400. The van der Waals surface area contributed by atoms with Crippen molar-refractivity contribution in [2.75, 3.05) is 19.8 Å². The van der Waals surface area contributed by atoms with Crippen molar-refractivity contribution in [3.8, 4) is 0 Å². The zero-order chi connectivity index (χ0) is 18.9. The van der Waals surface area contributed by atoms with E-state index in [2.05, 4.69) is 4.89 Å². The molecule has 0 aliphatic heterocycles. The van der Waals surface area contributed by atoms with Crippen molar-refractivity contribution in [3.63, 3.8) is 0 Å². The van der Waals surface area contributed by atoms with Gasteiger partial charge in [-0.25, -0.2) is 14.6 Å². The third kappa shape index (κ3) is 13.5. The fourth-order valence-electron chi connectivity index (χ4n) is 1.42. The first-order chi connectivity index (χ1) is 10.9. The van der Waals surface area contributed by atoms with E-state index in [9.17, 15) is 4.79 Å². The van der Waals surface area contributed by atoms with E-state index in [1.165, 1.54) is 0 Å². The minimum atomic E-state index is -0.880. The molecule has 24 heavy (non-hydrogen) atoms. The molecule has 0 amide bonds. The van der Waals surface area contributed by atoms with Gasteiger partial charge in [0.2, 0.25) is 0 Å². The van der Waals surface area contributed by atoms with Crippen molar-refractivity contribution in [1.82, 2.24) is 0 Å². The molecule has 0 fully saturated rings. The number of carbonyl (C=O) groups is 1. The SMILES string of the molecule is CCOCCOC(=O)OOC(C)(C)CCC(C)(C)OOC(C)(C)C. The van der Waals surface area contributed by atoms with Gasteiger partial charge in [0.15, 0.2) is 0 Å². The number of hydrogen-bond acceptors (Lipinski definition) is 7. The van der Waals surface area contributed by atoms with Gasteiger partial charge in [-0.1, -0.05) is 0 Å². The van der Waals surface area contributed by atoms with Crippen molar-refractivity contribution >= 4 is 6.16 Å². The van der Waals surface area contributed by atoms with Gasteiger partial charge in [0, 0.05) is 6.61 Å². The van der Waals surface area contributed by atoms with Gasteiger partial charge in [0.05, 0.1) is 17.8 Å². The highest BCUT2D eigenvalue weighted by atomic mass is 17.2. The Labute approximate surface area is 145 Å². The maximum Gasteiger partial charge on any atom is 0.540 e. The lowest BCUT2D eigenvalue weighted by Gasteiger charge is -2.31. The maximum atomic E-state index is 11.4. The summed E-state index contributed by atoms with van der Waals surface area (Å²) < 4.78 is 9.86. The monoisotopic (exact) mass is 350 g/mol. The van der Waals surface area contributed by atoms with E-state index in [1.807, 2.05) is 55.4 Å². The number of rotatable bonds is 11. The Morgan fingerprint density at radius 1 is 0.792 bits per heavy atom. The van der Waals surface area contributed by atoms with E-state index in [-0.39, 0.29) is 12.2 Å². The minimum Gasteiger partial charge on any atom is -0.430 e. The second kappa shape index (κ2) is 10.2. The summed E-state index contributed by atoms with van der Waals surface area (Å²) in [5.41, 5.74) is -1.55. The van der Waals surface area contributed by atoms with Crippen LogP contribution in [0.1, 0.15) is 68.2 Å². The van der Waals surface area contributed by atoms with Crippen LogP contribution in [0.2, 0.25) is 0 Å². The molecule has 7 heteroatoms. The van der Waals surface area contributed by atoms with Crippen molar-refractivity contribution in [2.24, 2.45) is 0 Å². The first kappa shape index (κ1) is 23.1. The second-order valence-electron chi connectivity index (χ2n) is 7.76. The molecule has 0 N–H and O–H groups in total.